The van der Waals surface area contributed by atoms with Gasteiger partial charge in [-0.25, -0.2) is 0 Å². The third kappa shape index (κ3) is 4.05. The number of hydrogen-bond donors (Lipinski definition) is 2. The lowest BCUT2D eigenvalue weighted by Crippen LogP contribution is -2.47. The Labute approximate surface area is 156 Å². The Kier molecular flexibility index (Phi) is 5.35. The van der Waals surface area contributed by atoms with E-state index >= 15 is 0 Å². The second kappa shape index (κ2) is 7.86. The van der Waals surface area contributed by atoms with Crippen LogP contribution in [0.1, 0.15) is 27.9 Å². The summed E-state index contributed by atoms with van der Waals surface area (Å²) in [5.41, 5.74) is 6.83. The van der Waals surface area contributed by atoms with E-state index in [-0.39, 0.29) is 17.8 Å². The molecule has 27 heavy (non-hydrogen) atoms. The van der Waals surface area contributed by atoms with Crippen molar-refractivity contribution in [2.75, 3.05) is 18.0 Å². The molecule has 140 valence electrons. The lowest BCUT2D eigenvalue weighted by molar-refractivity contribution is -0.385. The molecule has 0 unspecified atom stereocenters. The summed E-state index contributed by atoms with van der Waals surface area (Å²) in [6.45, 7) is 2.40. The molecule has 0 radical (unpaired) electrons. The molecule has 0 aromatic heterocycles. The molecule has 1 heterocycles. The summed E-state index contributed by atoms with van der Waals surface area (Å²) in [6.07, 6.45) is 1.92. The predicted molar refractivity (Wildman–Crippen MR) is 100 cm³/mol. The van der Waals surface area contributed by atoms with Gasteiger partial charge in [-0.2, -0.15) is 0 Å². The van der Waals surface area contributed by atoms with Crippen molar-refractivity contribution in [1.82, 2.24) is 10.9 Å². The first-order valence-electron chi connectivity index (χ1n) is 8.63. The maximum atomic E-state index is 12.3. The summed E-state index contributed by atoms with van der Waals surface area (Å²) >= 11 is 0. The minimum atomic E-state index is -0.724. The van der Waals surface area contributed by atoms with Gasteiger partial charge in [-0.05, 0) is 37.5 Å². The standard InChI is InChI=1S/C19H20N4O4/c1-13-6-4-9-15(18(13)23(26)27)19(25)21-20-17(24)12-22-11-5-8-14-7-2-3-10-16(14)22/h2-4,6-7,9-10H,5,8,11-12H2,1H3,(H,20,24)(H,21,25). The normalized spacial score (nSPS) is 12.9. The topological polar surface area (TPSA) is 105 Å². The Morgan fingerprint density at radius 2 is 1.93 bits per heavy atom. The summed E-state index contributed by atoms with van der Waals surface area (Å²) in [7, 11) is 0. The average molecular weight is 368 g/mol. The number of para-hydroxylation sites is 2. The summed E-state index contributed by atoms with van der Waals surface area (Å²) in [5, 5.41) is 11.2. The van der Waals surface area contributed by atoms with Crippen LogP contribution in [0.25, 0.3) is 0 Å². The van der Waals surface area contributed by atoms with E-state index in [4.69, 9.17) is 0 Å². The van der Waals surface area contributed by atoms with Gasteiger partial charge >= 0.3 is 0 Å². The molecular weight excluding hydrogens is 348 g/mol. The number of carbonyl (C=O) groups is 2. The number of fused-ring (bicyclic) bond motifs is 1. The number of benzene rings is 2. The highest BCUT2D eigenvalue weighted by molar-refractivity contribution is 5.99. The zero-order valence-corrected chi connectivity index (χ0v) is 14.9. The van der Waals surface area contributed by atoms with E-state index in [0.717, 1.165) is 25.1 Å². The van der Waals surface area contributed by atoms with E-state index in [0.29, 0.717) is 5.56 Å². The van der Waals surface area contributed by atoms with Crippen molar-refractivity contribution in [3.05, 3.63) is 69.3 Å². The summed E-state index contributed by atoms with van der Waals surface area (Å²) < 4.78 is 0. The van der Waals surface area contributed by atoms with Crippen molar-refractivity contribution in [2.45, 2.75) is 19.8 Å². The SMILES string of the molecule is Cc1cccc(C(=O)NNC(=O)CN2CCCc3ccccc32)c1[N+](=O)[O-]. The highest BCUT2D eigenvalue weighted by atomic mass is 16.6. The molecule has 0 aliphatic carbocycles. The fraction of sp³-hybridized carbons (Fsp3) is 0.263. The minimum absolute atomic E-state index is 0.0905. The first kappa shape index (κ1) is 18.4. The van der Waals surface area contributed by atoms with Gasteiger partial charge in [-0.15, -0.1) is 0 Å². The number of anilines is 1. The third-order valence-corrected chi connectivity index (χ3v) is 4.52. The van der Waals surface area contributed by atoms with Crippen molar-refractivity contribution in [3.63, 3.8) is 0 Å². The number of rotatable bonds is 4. The van der Waals surface area contributed by atoms with Gasteiger partial charge in [0, 0.05) is 17.8 Å². The van der Waals surface area contributed by atoms with Crippen LogP contribution in [-0.2, 0) is 11.2 Å². The van der Waals surface area contributed by atoms with E-state index in [9.17, 15) is 19.7 Å². The number of nitrogens with one attached hydrogen (secondary N) is 2. The molecule has 0 bridgehead atoms. The van der Waals surface area contributed by atoms with Crippen LogP contribution in [0.4, 0.5) is 11.4 Å². The van der Waals surface area contributed by atoms with Crippen LogP contribution < -0.4 is 15.8 Å². The fourth-order valence-corrected chi connectivity index (χ4v) is 3.27. The van der Waals surface area contributed by atoms with E-state index in [2.05, 4.69) is 10.9 Å². The minimum Gasteiger partial charge on any atom is -0.362 e. The van der Waals surface area contributed by atoms with Crippen molar-refractivity contribution in [3.8, 4) is 0 Å². The quantitative estimate of drug-likeness (QED) is 0.635. The highest BCUT2D eigenvalue weighted by Crippen LogP contribution is 2.26. The molecule has 2 N–H and O–H groups in total. The molecule has 2 aromatic carbocycles. The Balaban J connectivity index is 1.63. The van der Waals surface area contributed by atoms with E-state index < -0.39 is 16.7 Å². The maximum Gasteiger partial charge on any atom is 0.285 e. The van der Waals surface area contributed by atoms with Gasteiger partial charge in [-0.1, -0.05) is 30.3 Å². The number of nitro groups is 1. The predicted octanol–water partition coefficient (Wildman–Crippen LogP) is 2.12. The Bertz CT molecular complexity index is 897. The second-order valence-electron chi connectivity index (χ2n) is 6.38. The molecule has 8 nitrogen and oxygen atoms in total. The number of nitro benzene ring substituents is 1. The molecule has 0 spiro atoms. The van der Waals surface area contributed by atoms with Gasteiger partial charge in [0.15, 0.2) is 0 Å². The Morgan fingerprint density at radius 1 is 1.15 bits per heavy atom. The molecule has 0 atom stereocenters. The molecular formula is C19H20N4O4. The molecule has 8 heteroatoms. The zero-order valence-electron chi connectivity index (χ0n) is 14.9. The summed E-state index contributed by atoms with van der Waals surface area (Å²) in [6, 6.07) is 12.4. The molecule has 0 fully saturated rings. The molecule has 3 rings (SSSR count). The molecule has 2 amide bonds. The van der Waals surface area contributed by atoms with Gasteiger partial charge in [-0.3, -0.25) is 30.6 Å². The van der Waals surface area contributed by atoms with Crippen LogP contribution in [-0.4, -0.2) is 29.8 Å². The summed E-state index contributed by atoms with van der Waals surface area (Å²) in [5.74, 6) is -1.12. The Hall–Kier alpha value is -3.42. The number of carbonyl (C=O) groups excluding carboxylic acids is 2. The molecule has 2 aromatic rings. The smallest absolute Gasteiger partial charge is 0.285 e. The number of hydrazine groups is 1. The highest BCUT2D eigenvalue weighted by Gasteiger charge is 2.23. The van der Waals surface area contributed by atoms with Gasteiger partial charge in [0.2, 0.25) is 0 Å². The molecule has 0 saturated heterocycles. The second-order valence-corrected chi connectivity index (χ2v) is 6.38. The van der Waals surface area contributed by atoms with Crippen LogP contribution in [0, 0.1) is 17.0 Å². The van der Waals surface area contributed by atoms with E-state index in [1.165, 1.54) is 11.6 Å². The first-order chi connectivity index (χ1) is 13.0. The molecule has 1 aliphatic heterocycles. The summed E-state index contributed by atoms with van der Waals surface area (Å²) in [4.78, 5) is 37.1. The van der Waals surface area contributed by atoms with Gasteiger partial charge in [0.05, 0.1) is 11.5 Å². The average Bonchev–Trinajstić information content (AvgIpc) is 2.66. The largest absolute Gasteiger partial charge is 0.362 e. The lowest BCUT2D eigenvalue weighted by Gasteiger charge is -2.30. The fourth-order valence-electron chi connectivity index (χ4n) is 3.27. The maximum absolute atomic E-state index is 12.3. The first-order valence-corrected chi connectivity index (χ1v) is 8.63. The van der Waals surface area contributed by atoms with E-state index in [1.807, 2.05) is 29.2 Å². The van der Waals surface area contributed by atoms with Crippen molar-refractivity contribution < 1.29 is 14.5 Å². The van der Waals surface area contributed by atoms with E-state index in [1.54, 1.807) is 19.1 Å². The van der Waals surface area contributed by atoms with Gasteiger partial charge in [0.1, 0.15) is 5.56 Å². The van der Waals surface area contributed by atoms with Crippen LogP contribution in [0.15, 0.2) is 42.5 Å². The monoisotopic (exact) mass is 368 g/mol. The number of hydrogen-bond acceptors (Lipinski definition) is 5. The number of nitrogens with zero attached hydrogens (tertiary/aromatic N) is 2. The molecule has 1 aliphatic rings. The van der Waals surface area contributed by atoms with Gasteiger partial charge in [0.25, 0.3) is 17.5 Å². The van der Waals surface area contributed by atoms with Crippen molar-refractivity contribution in [2.24, 2.45) is 0 Å². The van der Waals surface area contributed by atoms with Crippen LogP contribution in [0.2, 0.25) is 0 Å². The Morgan fingerprint density at radius 3 is 2.70 bits per heavy atom. The third-order valence-electron chi connectivity index (χ3n) is 4.52. The number of amides is 2. The molecule has 0 saturated carbocycles. The van der Waals surface area contributed by atoms with Crippen LogP contribution >= 0.6 is 0 Å². The van der Waals surface area contributed by atoms with Crippen LogP contribution in [0.5, 0.6) is 0 Å². The lowest BCUT2D eigenvalue weighted by atomic mass is 10.0. The number of aryl methyl sites for hydroxylation is 2. The van der Waals surface area contributed by atoms with Gasteiger partial charge < -0.3 is 4.90 Å². The van der Waals surface area contributed by atoms with Crippen molar-refractivity contribution >= 4 is 23.2 Å². The van der Waals surface area contributed by atoms with Crippen molar-refractivity contribution in [1.29, 1.82) is 0 Å². The van der Waals surface area contributed by atoms with Crippen LogP contribution in [0.3, 0.4) is 0 Å². The zero-order chi connectivity index (χ0) is 19.4.